The molecule has 0 unspecified atom stereocenters. The van der Waals surface area contributed by atoms with Crippen molar-refractivity contribution in [3.05, 3.63) is 68.7 Å². The first-order valence-corrected chi connectivity index (χ1v) is 10.6. The molecule has 0 bridgehead atoms. The van der Waals surface area contributed by atoms with Crippen LogP contribution in [0.1, 0.15) is 28.8 Å². The van der Waals surface area contributed by atoms with E-state index in [4.69, 9.17) is 11.6 Å². The number of benzene rings is 2. The summed E-state index contributed by atoms with van der Waals surface area (Å²) in [4.78, 5) is 22.7. The zero-order valence-corrected chi connectivity index (χ0v) is 16.4. The minimum absolute atomic E-state index is 0.119. The molecular formula is C18H18ClN3O5S. The third kappa shape index (κ3) is 4.67. The van der Waals surface area contributed by atoms with Gasteiger partial charge in [0.2, 0.25) is 10.0 Å². The van der Waals surface area contributed by atoms with Crippen LogP contribution < -0.4 is 5.32 Å². The number of halogens is 1. The van der Waals surface area contributed by atoms with E-state index in [0.717, 1.165) is 12.8 Å². The van der Waals surface area contributed by atoms with Crippen molar-refractivity contribution in [2.75, 3.05) is 18.4 Å². The lowest BCUT2D eigenvalue weighted by Gasteiger charge is -2.15. The van der Waals surface area contributed by atoms with Crippen molar-refractivity contribution < 1.29 is 18.1 Å². The molecule has 0 spiro atoms. The van der Waals surface area contributed by atoms with Gasteiger partial charge in [0.25, 0.3) is 11.6 Å². The lowest BCUT2D eigenvalue weighted by atomic mass is 10.1. The van der Waals surface area contributed by atoms with Gasteiger partial charge >= 0.3 is 0 Å². The van der Waals surface area contributed by atoms with Crippen LogP contribution in [0.5, 0.6) is 0 Å². The van der Waals surface area contributed by atoms with Crippen molar-refractivity contribution in [1.82, 2.24) is 4.31 Å². The van der Waals surface area contributed by atoms with Gasteiger partial charge in [-0.15, -0.1) is 0 Å². The highest BCUT2D eigenvalue weighted by Crippen LogP contribution is 2.27. The van der Waals surface area contributed by atoms with E-state index in [1.807, 2.05) is 0 Å². The normalized spacial score (nSPS) is 14.8. The van der Waals surface area contributed by atoms with Crippen molar-refractivity contribution >= 4 is 38.9 Å². The fraction of sp³-hybridized carbons (Fsp3) is 0.278. The second-order valence-electron chi connectivity index (χ2n) is 6.43. The Morgan fingerprint density at radius 1 is 1.14 bits per heavy atom. The molecule has 28 heavy (non-hydrogen) atoms. The highest BCUT2D eigenvalue weighted by molar-refractivity contribution is 7.88. The highest BCUT2D eigenvalue weighted by atomic mass is 35.5. The summed E-state index contributed by atoms with van der Waals surface area (Å²) in [5, 5.41) is 13.6. The minimum atomic E-state index is -3.36. The van der Waals surface area contributed by atoms with E-state index in [-0.39, 0.29) is 27.7 Å². The summed E-state index contributed by atoms with van der Waals surface area (Å²) in [5.41, 5.74) is 0.797. The topological polar surface area (TPSA) is 110 Å². The maximum absolute atomic E-state index is 12.4. The second-order valence-corrected chi connectivity index (χ2v) is 8.81. The zero-order valence-electron chi connectivity index (χ0n) is 14.8. The van der Waals surface area contributed by atoms with Crippen molar-refractivity contribution in [2.24, 2.45) is 0 Å². The lowest BCUT2D eigenvalue weighted by molar-refractivity contribution is -0.384. The first-order chi connectivity index (χ1) is 13.3. The number of rotatable bonds is 6. The molecule has 8 nitrogen and oxygen atoms in total. The quantitative estimate of drug-likeness (QED) is 0.565. The number of nitro benzene ring substituents is 1. The maximum Gasteiger partial charge on any atom is 0.271 e. The molecule has 2 aromatic carbocycles. The number of hydrogen-bond acceptors (Lipinski definition) is 5. The molecule has 148 valence electrons. The van der Waals surface area contributed by atoms with Gasteiger partial charge in [0.05, 0.1) is 21.4 Å². The first kappa shape index (κ1) is 20.2. The molecule has 1 heterocycles. The van der Waals surface area contributed by atoms with E-state index in [0.29, 0.717) is 18.7 Å². The molecule has 1 fully saturated rings. The summed E-state index contributed by atoms with van der Waals surface area (Å²) in [7, 11) is -3.36. The van der Waals surface area contributed by atoms with Crippen LogP contribution in [0.15, 0.2) is 42.5 Å². The average Bonchev–Trinajstić information content (AvgIpc) is 3.19. The van der Waals surface area contributed by atoms with Crippen LogP contribution >= 0.6 is 11.6 Å². The largest absolute Gasteiger partial charge is 0.320 e. The van der Waals surface area contributed by atoms with E-state index >= 15 is 0 Å². The first-order valence-electron chi connectivity index (χ1n) is 8.58. The molecule has 10 heteroatoms. The lowest BCUT2D eigenvalue weighted by Crippen LogP contribution is -2.29. The van der Waals surface area contributed by atoms with Gasteiger partial charge in [0.1, 0.15) is 0 Å². The van der Waals surface area contributed by atoms with E-state index in [2.05, 4.69) is 5.32 Å². The Hall–Kier alpha value is -2.49. The molecule has 0 aromatic heterocycles. The number of carbonyl (C=O) groups excluding carboxylic acids is 1. The molecular weight excluding hydrogens is 406 g/mol. The number of anilines is 1. The van der Waals surface area contributed by atoms with Crippen LogP contribution in [0.3, 0.4) is 0 Å². The van der Waals surface area contributed by atoms with E-state index < -0.39 is 20.9 Å². The SMILES string of the molecule is O=C(Nc1cc([N+](=O)[O-])ccc1Cl)c1ccc(CS(=O)(=O)N2CCCC2)cc1. The van der Waals surface area contributed by atoms with E-state index in [1.165, 1.54) is 34.6 Å². The van der Waals surface area contributed by atoms with Crippen LogP contribution in [0.25, 0.3) is 0 Å². The molecule has 2 aromatic rings. The third-order valence-corrected chi connectivity index (χ3v) is 6.61. The standard InChI is InChI=1S/C18H18ClN3O5S/c19-16-8-7-15(22(24)25)11-17(16)20-18(23)14-5-3-13(4-6-14)12-28(26,27)21-9-1-2-10-21/h3-8,11H,1-2,9-10,12H2,(H,20,23). The Balaban J connectivity index is 1.70. The van der Waals surface area contributed by atoms with Gasteiger partial charge in [-0.2, -0.15) is 0 Å². The van der Waals surface area contributed by atoms with Gasteiger partial charge < -0.3 is 5.32 Å². The Kier molecular flexibility index (Phi) is 5.97. The maximum atomic E-state index is 12.4. The number of nitro groups is 1. The second kappa shape index (κ2) is 8.26. The van der Waals surface area contributed by atoms with E-state index in [1.54, 1.807) is 12.1 Å². The minimum Gasteiger partial charge on any atom is -0.320 e. The van der Waals surface area contributed by atoms with Crippen molar-refractivity contribution in [3.63, 3.8) is 0 Å². The van der Waals surface area contributed by atoms with Crippen molar-refractivity contribution in [3.8, 4) is 0 Å². The van der Waals surface area contributed by atoms with Gasteiger partial charge in [-0.1, -0.05) is 23.7 Å². The Labute approximate surface area is 167 Å². The molecule has 1 aliphatic rings. The molecule has 1 aliphatic heterocycles. The Morgan fingerprint density at radius 2 is 1.79 bits per heavy atom. The summed E-state index contributed by atoms with van der Waals surface area (Å²) in [6.07, 6.45) is 1.75. The number of non-ortho nitro benzene ring substituents is 1. The Bertz CT molecular complexity index is 1000. The molecule has 0 radical (unpaired) electrons. The summed E-state index contributed by atoms with van der Waals surface area (Å²) >= 11 is 5.98. The van der Waals surface area contributed by atoms with Crippen LogP contribution in [-0.2, 0) is 15.8 Å². The summed E-state index contributed by atoms with van der Waals surface area (Å²) in [6, 6.07) is 9.94. The van der Waals surface area contributed by atoms with Crippen LogP contribution in [-0.4, -0.2) is 36.6 Å². The fourth-order valence-corrected chi connectivity index (χ4v) is 4.71. The number of nitrogens with zero attached hydrogens (tertiary/aromatic N) is 2. The molecule has 3 rings (SSSR count). The smallest absolute Gasteiger partial charge is 0.271 e. The van der Waals surface area contributed by atoms with Crippen LogP contribution in [0.4, 0.5) is 11.4 Å². The van der Waals surface area contributed by atoms with Gasteiger partial charge in [-0.3, -0.25) is 14.9 Å². The number of sulfonamides is 1. The summed E-state index contributed by atoms with van der Waals surface area (Å²) < 4.78 is 26.2. The molecule has 0 saturated carbocycles. The number of amides is 1. The van der Waals surface area contributed by atoms with Crippen molar-refractivity contribution in [1.29, 1.82) is 0 Å². The van der Waals surface area contributed by atoms with Gasteiger partial charge in [0, 0.05) is 30.8 Å². The molecule has 1 N–H and O–H groups in total. The van der Waals surface area contributed by atoms with Crippen LogP contribution in [0.2, 0.25) is 5.02 Å². The molecule has 0 atom stereocenters. The number of carbonyl (C=O) groups is 1. The monoisotopic (exact) mass is 423 g/mol. The zero-order chi connectivity index (χ0) is 20.3. The summed E-state index contributed by atoms with van der Waals surface area (Å²) in [6.45, 7) is 1.10. The van der Waals surface area contributed by atoms with Crippen molar-refractivity contribution in [2.45, 2.75) is 18.6 Å². The third-order valence-electron chi connectivity index (χ3n) is 4.43. The molecule has 0 aliphatic carbocycles. The van der Waals surface area contributed by atoms with Gasteiger partial charge in [0.15, 0.2) is 0 Å². The average molecular weight is 424 g/mol. The van der Waals surface area contributed by atoms with Gasteiger partial charge in [-0.05, 0) is 36.6 Å². The number of nitrogens with one attached hydrogen (secondary N) is 1. The molecule has 1 amide bonds. The van der Waals surface area contributed by atoms with Gasteiger partial charge in [-0.25, -0.2) is 12.7 Å². The number of hydrogen-bond donors (Lipinski definition) is 1. The van der Waals surface area contributed by atoms with E-state index in [9.17, 15) is 23.3 Å². The summed E-state index contributed by atoms with van der Waals surface area (Å²) in [5.74, 6) is -0.623. The predicted molar refractivity (Wildman–Crippen MR) is 106 cm³/mol. The fourth-order valence-electron chi connectivity index (χ4n) is 2.94. The molecule has 1 saturated heterocycles. The Morgan fingerprint density at radius 3 is 2.39 bits per heavy atom. The van der Waals surface area contributed by atoms with Crippen LogP contribution in [0, 0.1) is 10.1 Å². The predicted octanol–water partition coefficient (Wildman–Crippen LogP) is 3.43. The highest BCUT2D eigenvalue weighted by Gasteiger charge is 2.25.